The van der Waals surface area contributed by atoms with E-state index in [2.05, 4.69) is 34.9 Å². The largest absolute Gasteiger partial charge is 0.481 e. The normalized spacial score (nSPS) is 16.2. The number of carboxylic acid groups (broad SMARTS) is 1. The van der Waals surface area contributed by atoms with Crippen molar-refractivity contribution in [3.63, 3.8) is 0 Å². The number of carbonyl (C=O) groups excluding carboxylic acids is 2. The molecule has 0 saturated heterocycles. The molecule has 2 aromatic rings. The Balaban J connectivity index is 1.39. The van der Waals surface area contributed by atoms with Gasteiger partial charge in [0.1, 0.15) is 12.6 Å². The number of nitrogens with one attached hydrogen (secondary N) is 2. The number of hydrogen-bond acceptors (Lipinski definition) is 4. The van der Waals surface area contributed by atoms with Crippen molar-refractivity contribution in [3.8, 4) is 11.1 Å². The average Bonchev–Trinajstić information content (AvgIpc) is 3.08. The summed E-state index contributed by atoms with van der Waals surface area (Å²) in [5.74, 6) is -1.40. The summed E-state index contributed by atoms with van der Waals surface area (Å²) in [5.41, 5.74) is 3.44. The van der Waals surface area contributed by atoms with E-state index in [-0.39, 0.29) is 30.9 Å². The van der Waals surface area contributed by atoms with Crippen molar-refractivity contribution in [1.29, 1.82) is 0 Å². The van der Waals surface area contributed by atoms with Crippen LogP contribution in [0.4, 0.5) is 4.79 Å². The van der Waals surface area contributed by atoms with Gasteiger partial charge in [-0.1, -0.05) is 55.0 Å². The Morgan fingerprint density at radius 3 is 2.12 bits per heavy atom. The molecule has 2 aliphatic rings. The van der Waals surface area contributed by atoms with Gasteiger partial charge in [0.15, 0.2) is 0 Å². The number of ether oxygens (including phenoxy) is 1. The van der Waals surface area contributed by atoms with Crippen LogP contribution in [-0.4, -0.2) is 42.3 Å². The van der Waals surface area contributed by atoms with Crippen molar-refractivity contribution in [1.82, 2.24) is 10.6 Å². The molecular weight excluding hydrogens is 420 g/mol. The number of carbonyl (C=O) groups is 3. The smallest absolute Gasteiger partial charge is 0.407 e. The summed E-state index contributed by atoms with van der Waals surface area (Å²) >= 11 is 0. The zero-order valence-electron chi connectivity index (χ0n) is 19.0. The highest BCUT2D eigenvalue weighted by Gasteiger charge is 2.36. The van der Waals surface area contributed by atoms with Crippen LogP contribution in [0, 0.1) is 11.3 Å². The molecule has 0 heterocycles. The summed E-state index contributed by atoms with van der Waals surface area (Å²) in [6.45, 7) is 3.25. The van der Waals surface area contributed by atoms with Gasteiger partial charge in [0.05, 0.1) is 5.41 Å². The zero-order valence-corrected chi connectivity index (χ0v) is 19.0. The van der Waals surface area contributed by atoms with E-state index in [0.717, 1.165) is 41.5 Å². The van der Waals surface area contributed by atoms with Crippen LogP contribution < -0.4 is 10.6 Å². The molecule has 1 saturated carbocycles. The Labute approximate surface area is 193 Å². The molecule has 2 amide bonds. The highest BCUT2D eigenvalue weighted by Crippen LogP contribution is 2.44. The van der Waals surface area contributed by atoms with Gasteiger partial charge >= 0.3 is 12.1 Å². The van der Waals surface area contributed by atoms with E-state index in [0.29, 0.717) is 0 Å². The molecule has 0 spiro atoms. The van der Waals surface area contributed by atoms with Gasteiger partial charge in [-0.15, -0.1) is 0 Å². The molecule has 174 valence electrons. The summed E-state index contributed by atoms with van der Waals surface area (Å²) in [5, 5.41) is 14.7. The summed E-state index contributed by atoms with van der Waals surface area (Å²) in [4.78, 5) is 36.8. The highest BCUT2D eigenvalue weighted by atomic mass is 16.5. The molecule has 1 fully saturated rings. The number of rotatable bonds is 8. The number of fused-ring (bicyclic) bond motifs is 3. The van der Waals surface area contributed by atoms with Gasteiger partial charge in [0.25, 0.3) is 0 Å². The van der Waals surface area contributed by atoms with Crippen LogP contribution in [0.25, 0.3) is 11.1 Å². The number of carboxylic acids is 1. The van der Waals surface area contributed by atoms with E-state index in [1.807, 2.05) is 24.3 Å². The molecule has 1 unspecified atom stereocenters. The fraction of sp³-hybridized carbons (Fsp3) is 0.423. The molecule has 7 nitrogen and oxygen atoms in total. The predicted molar refractivity (Wildman–Crippen MR) is 124 cm³/mol. The molecule has 2 aromatic carbocycles. The summed E-state index contributed by atoms with van der Waals surface area (Å²) in [7, 11) is 0. The minimum Gasteiger partial charge on any atom is -0.481 e. The lowest BCUT2D eigenvalue weighted by atomic mass is 9.79. The van der Waals surface area contributed by atoms with E-state index < -0.39 is 23.5 Å². The van der Waals surface area contributed by atoms with Gasteiger partial charge in [0, 0.05) is 12.5 Å². The van der Waals surface area contributed by atoms with Gasteiger partial charge < -0.3 is 20.5 Å². The third kappa shape index (κ3) is 4.72. The zero-order chi connectivity index (χ0) is 23.6. The summed E-state index contributed by atoms with van der Waals surface area (Å²) < 4.78 is 5.60. The topological polar surface area (TPSA) is 105 Å². The van der Waals surface area contributed by atoms with Gasteiger partial charge in [0.2, 0.25) is 5.91 Å². The second kappa shape index (κ2) is 9.25. The Bertz CT molecular complexity index is 1010. The second-order valence-electron chi connectivity index (χ2n) is 9.55. The maximum atomic E-state index is 12.8. The van der Waals surface area contributed by atoms with Crippen LogP contribution in [-0.2, 0) is 14.3 Å². The lowest BCUT2D eigenvalue weighted by Gasteiger charge is -2.33. The molecule has 0 aliphatic heterocycles. The van der Waals surface area contributed by atoms with E-state index >= 15 is 0 Å². The predicted octanol–water partition coefficient (Wildman–Crippen LogP) is 3.92. The van der Waals surface area contributed by atoms with Crippen LogP contribution in [0.5, 0.6) is 0 Å². The van der Waals surface area contributed by atoms with Crippen molar-refractivity contribution in [2.75, 3.05) is 13.2 Å². The molecule has 0 aromatic heterocycles. The summed E-state index contributed by atoms with van der Waals surface area (Å²) in [6.07, 6.45) is 2.04. The molecule has 33 heavy (non-hydrogen) atoms. The molecule has 1 atom stereocenters. The molecule has 0 radical (unpaired) electrons. The minimum atomic E-state index is -1.09. The average molecular weight is 451 g/mol. The van der Waals surface area contributed by atoms with Gasteiger partial charge in [-0.25, -0.2) is 4.79 Å². The first-order chi connectivity index (χ1) is 15.8. The fourth-order valence-corrected chi connectivity index (χ4v) is 4.43. The second-order valence-corrected chi connectivity index (χ2v) is 9.55. The third-order valence-corrected chi connectivity index (χ3v) is 6.80. The highest BCUT2D eigenvalue weighted by molar-refractivity contribution is 5.87. The van der Waals surface area contributed by atoms with Crippen LogP contribution in [0.2, 0.25) is 0 Å². The van der Waals surface area contributed by atoms with Gasteiger partial charge in [-0.05, 0) is 54.9 Å². The van der Waals surface area contributed by atoms with Gasteiger partial charge in [-0.2, -0.15) is 0 Å². The molecule has 0 bridgehead atoms. The van der Waals surface area contributed by atoms with Crippen molar-refractivity contribution in [2.45, 2.75) is 45.1 Å². The van der Waals surface area contributed by atoms with E-state index in [1.165, 1.54) is 0 Å². The number of amides is 2. The molecule has 3 N–H and O–H groups in total. The van der Waals surface area contributed by atoms with Crippen molar-refractivity contribution in [3.05, 3.63) is 59.7 Å². The van der Waals surface area contributed by atoms with E-state index in [9.17, 15) is 19.5 Å². The summed E-state index contributed by atoms with van der Waals surface area (Å²) in [6, 6.07) is 15.5. The number of benzene rings is 2. The van der Waals surface area contributed by atoms with Crippen molar-refractivity contribution >= 4 is 18.0 Å². The van der Waals surface area contributed by atoms with Gasteiger partial charge in [-0.3, -0.25) is 9.59 Å². The van der Waals surface area contributed by atoms with Crippen LogP contribution >= 0.6 is 0 Å². The lowest BCUT2D eigenvalue weighted by Crippen LogP contribution is -2.54. The maximum absolute atomic E-state index is 12.8. The first-order valence-corrected chi connectivity index (χ1v) is 11.4. The van der Waals surface area contributed by atoms with E-state index in [1.54, 1.807) is 13.8 Å². The first kappa shape index (κ1) is 22.8. The maximum Gasteiger partial charge on any atom is 0.407 e. The fourth-order valence-electron chi connectivity index (χ4n) is 4.43. The van der Waals surface area contributed by atoms with Crippen molar-refractivity contribution < 1.29 is 24.2 Å². The Morgan fingerprint density at radius 2 is 1.61 bits per heavy atom. The number of alkyl carbamates (subject to hydrolysis) is 1. The van der Waals surface area contributed by atoms with Crippen LogP contribution in [0.15, 0.2) is 48.5 Å². The molecule has 7 heteroatoms. The number of aliphatic carboxylic acids is 1. The monoisotopic (exact) mass is 450 g/mol. The van der Waals surface area contributed by atoms with Crippen molar-refractivity contribution in [2.24, 2.45) is 11.3 Å². The Hall–Kier alpha value is -3.35. The Kier molecular flexibility index (Phi) is 6.40. The lowest BCUT2D eigenvalue weighted by molar-refractivity contribution is -0.146. The van der Waals surface area contributed by atoms with Crippen LogP contribution in [0.3, 0.4) is 0 Å². The molecule has 4 rings (SSSR count). The third-order valence-electron chi connectivity index (χ3n) is 6.80. The first-order valence-electron chi connectivity index (χ1n) is 11.4. The Morgan fingerprint density at radius 1 is 1.03 bits per heavy atom. The minimum absolute atomic E-state index is 0.0171. The SMILES string of the molecule is CC(C)(CNC(=O)C(NC(=O)OCC1c2ccccc2-c2ccccc21)C1CCC1)C(=O)O. The molecular formula is C26H30N2O5. The quantitative estimate of drug-likeness (QED) is 0.565. The number of hydrogen-bond donors (Lipinski definition) is 3. The molecule has 2 aliphatic carbocycles. The standard InChI is InChI=1S/C26H30N2O5/c1-26(2,24(30)31)15-27-23(29)22(16-8-7-9-16)28-25(32)33-14-21-19-12-5-3-10-17(19)18-11-4-6-13-20(18)21/h3-6,10-13,16,21-22H,7-9,14-15H2,1-2H3,(H,27,29)(H,28,32)(H,30,31). The van der Waals surface area contributed by atoms with E-state index in [4.69, 9.17) is 4.74 Å². The van der Waals surface area contributed by atoms with Crippen LogP contribution in [0.1, 0.15) is 50.2 Å².